The lowest BCUT2D eigenvalue weighted by molar-refractivity contribution is -0.119. The smallest absolute Gasteiger partial charge is 0.322 e. The standard InChI is InChI=1S/C15H20ClN3O3/c1-9-6-13(14(22-3)7-12(9)16)18-15(21)19-5-4-11(8-19)17-10(2)20/h6-7,11H,4-5,8H2,1-3H3,(H,17,20)(H,18,21). The van der Waals surface area contributed by atoms with Gasteiger partial charge in [0, 0.05) is 37.1 Å². The fourth-order valence-electron chi connectivity index (χ4n) is 2.47. The third kappa shape index (κ3) is 3.82. The van der Waals surface area contributed by atoms with E-state index in [9.17, 15) is 9.59 Å². The lowest BCUT2D eigenvalue weighted by atomic mass is 10.2. The molecule has 120 valence electrons. The minimum atomic E-state index is -0.215. The summed E-state index contributed by atoms with van der Waals surface area (Å²) in [6.45, 7) is 4.44. The van der Waals surface area contributed by atoms with E-state index in [0.717, 1.165) is 12.0 Å². The Kier molecular flexibility index (Phi) is 5.13. The number of amides is 3. The van der Waals surface area contributed by atoms with Crippen LogP contribution in [0.3, 0.4) is 0 Å². The van der Waals surface area contributed by atoms with Crippen LogP contribution in [0.25, 0.3) is 0 Å². The van der Waals surface area contributed by atoms with Gasteiger partial charge in [0.1, 0.15) is 5.75 Å². The molecule has 1 saturated heterocycles. The molecule has 22 heavy (non-hydrogen) atoms. The molecule has 0 spiro atoms. The van der Waals surface area contributed by atoms with Gasteiger partial charge < -0.3 is 20.3 Å². The van der Waals surface area contributed by atoms with Gasteiger partial charge >= 0.3 is 6.03 Å². The maximum absolute atomic E-state index is 12.3. The van der Waals surface area contributed by atoms with Gasteiger partial charge in [0.05, 0.1) is 12.8 Å². The van der Waals surface area contributed by atoms with Crippen LogP contribution in [0.5, 0.6) is 5.75 Å². The first kappa shape index (κ1) is 16.4. The van der Waals surface area contributed by atoms with Crippen molar-refractivity contribution in [1.29, 1.82) is 0 Å². The molecule has 0 bridgehead atoms. The maximum Gasteiger partial charge on any atom is 0.322 e. The van der Waals surface area contributed by atoms with E-state index in [1.165, 1.54) is 14.0 Å². The molecule has 2 rings (SSSR count). The summed E-state index contributed by atoms with van der Waals surface area (Å²) in [6, 6.07) is 3.25. The number of nitrogens with zero attached hydrogens (tertiary/aromatic N) is 1. The minimum absolute atomic E-state index is 0.0112. The summed E-state index contributed by atoms with van der Waals surface area (Å²) >= 11 is 6.05. The highest BCUT2D eigenvalue weighted by Crippen LogP contribution is 2.31. The quantitative estimate of drug-likeness (QED) is 0.896. The van der Waals surface area contributed by atoms with Crippen molar-refractivity contribution in [3.8, 4) is 5.75 Å². The second-order valence-electron chi connectivity index (χ2n) is 5.36. The van der Waals surface area contributed by atoms with Crippen LogP contribution in [0.2, 0.25) is 5.02 Å². The molecule has 1 unspecified atom stereocenters. The molecule has 1 aliphatic rings. The molecular weight excluding hydrogens is 306 g/mol. The third-order valence-corrected chi connectivity index (χ3v) is 4.01. The second kappa shape index (κ2) is 6.87. The summed E-state index contributed by atoms with van der Waals surface area (Å²) in [5.41, 5.74) is 1.44. The SMILES string of the molecule is COc1cc(Cl)c(C)cc1NC(=O)N1CCC(NC(C)=O)C1. The lowest BCUT2D eigenvalue weighted by Gasteiger charge is -2.19. The highest BCUT2D eigenvalue weighted by molar-refractivity contribution is 6.31. The number of methoxy groups -OCH3 is 1. The molecule has 1 fully saturated rings. The van der Waals surface area contributed by atoms with E-state index in [4.69, 9.17) is 16.3 Å². The van der Waals surface area contributed by atoms with Gasteiger partial charge in [-0.1, -0.05) is 11.6 Å². The summed E-state index contributed by atoms with van der Waals surface area (Å²) in [5.74, 6) is 0.434. The first-order valence-corrected chi connectivity index (χ1v) is 7.45. The Labute approximate surface area is 134 Å². The summed E-state index contributed by atoms with van der Waals surface area (Å²) < 4.78 is 5.24. The van der Waals surface area contributed by atoms with Crippen LogP contribution in [0.4, 0.5) is 10.5 Å². The molecule has 1 aliphatic heterocycles. The van der Waals surface area contributed by atoms with Crippen LogP contribution in [0, 0.1) is 6.92 Å². The number of hydrogen-bond acceptors (Lipinski definition) is 3. The van der Waals surface area contributed by atoms with Crippen molar-refractivity contribution in [1.82, 2.24) is 10.2 Å². The van der Waals surface area contributed by atoms with Gasteiger partial charge in [0.15, 0.2) is 0 Å². The summed E-state index contributed by atoms with van der Waals surface area (Å²) in [5, 5.41) is 6.25. The Hall–Kier alpha value is -1.95. The number of anilines is 1. The lowest BCUT2D eigenvalue weighted by Crippen LogP contribution is -2.38. The fraction of sp³-hybridized carbons (Fsp3) is 0.467. The fourth-order valence-corrected chi connectivity index (χ4v) is 2.63. The Morgan fingerprint density at radius 2 is 2.14 bits per heavy atom. The average Bonchev–Trinajstić information content (AvgIpc) is 2.90. The second-order valence-corrected chi connectivity index (χ2v) is 5.77. The van der Waals surface area contributed by atoms with Gasteiger partial charge in [-0.25, -0.2) is 4.79 Å². The van der Waals surface area contributed by atoms with Crippen LogP contribution in [-0.2, 0) is 4.79 Å². The number of likely N-dealkylation sites (tertiary alicyclic amines) is 1. The highest BCUT2D eigenvalue weighted by atomic mass is 35.5. The van der Waals surface area contributed by atoms with Crippen LogP contribution >= 0.6 is 11.6 Å². The van der Waals surface area contributed by atoms with E-state index in [2.05, 4.69) is 10.6 Å². The molecule has 0 aromatic heterocycles. The van der Waals surface area contributed by atoms with E-state index < -0.39 is 0 Å². The van der Waals surface area contributed by atoms with Gasteiger partial charge in [-0.05, 0) is 25.0 Å². The number of benzene rings is 1. The Morgan fingerprint density at radius 1 is 1.41 bits per heavy atom. The Morgan fingerprint density at radius 3 is 2.77 bits per heavy atom. The first-order chi connectivity index (χ1) is 10.4. The number of halogens is 1. The molecule has 7 heteroatoms. The molecule has 0 aliphatic carbocycles. The predicted octanol–water partition coefficient (Wildman–Crippen LogP) is 2.40. The van der Waals surface area contributed by atoms with Crippen molar-refractivity contribution in [2.75, 3.05) is 25.5 Å². The molecular formula is C15H20ClN3O3. The molecule has 1 atom stereocenters. The van der Waals surface area contributed by atoms with Gasteiger partial charge in [0.2, 0.25) is 5.91 Å². The summed E-state index contributed by atoms with van der Waals surface area (Å²) in [6.07, 6.45) is 0.754. The molecule has 0 radical (unpaired) electrons. The molecule has 3 amide bonds. The Bertz CT molecular complexity index is 592. The monoisotopic (exact) mass is 325 g/mol. The van der Waals surface area contributed by atoms with E-state index in [0.29, 0.717) is 29.5 Å². The largest absolute Gasteiger partial charge is 0.495 e. The zero-order chi connectivity index (χ0) is 16.3. The maximum atomic E-state index is 12.3. The number of carbonyl (C=O) groups is 2. The number of aryl methyl sites for hydroxylation is 1. The van der Waals surface area contributed by atoms with E-state index >= 15 is 0 Å². The van der Waals surface area contributed by atoms with E-state index in [-0.39, 0.29) is 18.0 Å². The van der Waals surface area contributed by atoms with Crippen molar-refractivity contribution < 1.29 is 14.3 Å². The van der Waals surface area contributed by atoms with Crippen LogP contribution in [0.1, 0.15) is 18.9 Å². The molecule has 1 heterocycles. The normalized spacial score (nSPS) is 17.3. The Balaban J connectivity index is 2.04. The van der Waals surface area contributed by atoms with Crippen molar-refractivity contribution >= 4 is 29.2 Å². The number of urea groups is 1. The average molecular weight is 326 g/mol. The molecule has 0 saturated carbocycles. The third-order valence-electron chi connectivity index (χ3n) is 3.61. The highest BCUT2D eigenvalue weighted by Gasteiger charge is 2.27. The van der Waals surface area contributed by atoms with Gasteiger partial charge in [-0.15, -0.1) is 0 Å². The minimum Gasteiger partial charge on any atom is -0.495 e. The van der Waals surface area contributed by atoms with Crippen molar-refractivity contribution in [2.45, 2.75) is 26.3 Å². The number of nitrogens with one attached hydrogen (secondary N) is 2. The number of carbonyl (C=O) groups excluding carboxylic acids is 2. The zero-order valence-electron chi connectivity index (χ0n) is 12.9. The van der Waals surface area contributed by atoms with Crippen LogP contribution < -0.4 is 15.4 Å². The molecule has 1 aromatic carbocycles. The van der Waals surface area contributed by atoms with Crippen molar-refractivity contribution in [3.63, 3.8) is 0 Å². The summed E-state index contributed by atoms with van der Waals surface area (Å²) in [4.78, 5) is 25.1. The van der Waals surface area contributed by atoms with Crippen LogP contribution in [0.15, 0.2) is 12.1 Å². The topological polar surface area (TPSA) is 70.7 Å². The number of ether oxygens (including phenoxy) is 1. The molecule has 2 N–H and O–H groups in total. The predicted molar refractivity (Wildman–Crippen MR) is 85.6 cm³/mol. The number of rotatable bonds is 3. The van der Waals surface area contributed by atoms with Gasteiger partial charge in [-0.3, -0.25) is 4.79 Å². The van der Waals surface area contributed by atoms with Gasteiger partial charge in [-0.2, -0.15) is 0 Å². The van der Waals surface area contributed by atoms with Gasteiger partial charge in [0.25, 0.3) is 0 Å². The molecule has 6 nitrogen and oxygen atoms in total. The first-order valence-electron chi connectivity index (χ1n) is 7.08. The van der Waals surface area contributed by atoms with Crippen molar-refractivity contribution in [3.05, 3.63) is 22.7 Å². The van der Waals surface area contributed by atoms with E-state index in [1.54, 1.807) is 17.0 Å². The molecule has 1 aromatic rings. The van der Waals surface area contributed by atoms with Crippen molar-refractivity contribution in [2.24, 2.45) is 0 Å². The number of hydrogen-bond donors (Lipinski definition) is 2. The zero-order valence-corrected chi connectivity index (χ0v) is 13.7. The summed E-state index contributed by atoms with van der Waals surface area (Å²) in [7, 11) is 1.53. The van der Waals surface area contributed by atoms with Crippen LogP contribution in [-0.4, -0.2) is 43.1 Å². The van der Waals surface area contributed by atoms with E-state index in [1.807, 2.05) is 6.92 Å².